The third-order valence-electron chi connectivity index (χ3n) is 7.12. The van der Waals surface area contributed by atoms with Crippen LogP contribution in [-0.2, 0) is 30.5 Å². The average molecular weight is 627 g/mol. The lowest BCUT2D eigenvalue weighted by Gasteiger charge is -2.26. The summed E-state index contributed by atoms with van der Waals surface area (Å²) in [5.74, 6) is -2.79. The first-order valence-corrected chi connectivity index (χ1v) is 14.4. The number of aromatic nitrogens is 3. The number of carbonyl (C=O) groups excluding carboxylic acids is 1. The maximum atomic E-state index is 14.8. The maximum absolute atomic E-state index is 14.8. The Labute approximate surface area is 245 Å². The minimum Gasteiger partial charge on any atom is -0.350 e. The molecular weight excluding hydrogens is 591 g/mol. The lowest BCUT2D eigenvalue weighted by molar-refractivity contribution is -0.154. The summed E-state index contributed by atoms with van der Waals surface area (Å²) >= 11 is 5.83. The van der Waals surface area contributed by atoms with E-state index >= 15 is 0 Å². The summed E-state index contributed by atoms with van der Waals surface area (Å²) in [6.45, 7) is 8.23. The van der Waals surface area contributed by atoms with E-state index in [0.717, 1.165) is 31.7 Å². The lowest BCUT2D eigenvalue weighted by atomic mass is 9.83. The molecule has 1 amide bonds. The van der Waals surface area contributed by atoms with Crippen molar-refractivity contribution in [2.24, 2.45) is 17.3 Å². The number of amides is 1. The van der Waals surface area contributed by atoms with Crippen molar-refractivity contribution >= 4 is 29.1 Å². The summed E-state index contributed by atoms with van der Waals surface area (Å²) in [5.41, 5.74) is -1.53. The van der Waals surface area contributed by atoms with Crippen molar-refractivity contribution in [1.29, 1.82) is 0 Å². The van der Waals surface area contributed by atoms with Crippen molar-refractivity contribution in [3.63, 3.8) is 0 Å². The van der Waals surface area contributed by atoms with Crippen LogP contribution in [-0.4, -0.2) is 41.8 Å². The number of nitrogens with zero attached hydrogens (tertiary/aromatic N) is 3. The van der Waals surface area contributed by atoms with Crippen LogP contribution in [0.4, 0.5) is 22.0 Å². The molecule has 0 atom stereocenters. The van der Waals surface area contributed by atoms with Gasteiger partial charge >= 0.3 is 17.7 Å². The highest BCUT2D eigenvalue weighted by Gasteiger charge is 2.38. The van der Waals surface area contributed by atoms with Gasteiger partial charge < -0.3 is 5.32 Å². The molecule has 1 aliphatic carbocycles. The molecule has 1 N–H and O–H groups in total. The zero-order valence-corrected chi connectivity index (χ0v) is 25.3. The smallest absolute Gasteiger partial charge is 0.350 e. The fourth-order valence-corrected chi connectivity index (χ4v) is 5.49. The number of hydrogen-bond donors (Lipinski definition) is 1. The molecule has 0 saturated heterocycles. The van der Waals surface area contributed by atoms with Gasteiger partial charge in [0.2, 0.25) is 0 Å². The van der Waals surface area contributed by atoms with Crippen molar-refractivity contribution in [3.05, 3.63) is 34.2 Å². The molecule has 14 heteroatoms. The molecule has 0 aliphatic heterocycles. The first-order valence-electron chi connectivity index (χ1n) is 13.3. The van der Waals surface area contributed by atoms with Crippen LogP contribution in [0.3, 0.4) is 0 Å². The van der Waals surface area contributed by atoms with Gasteiger partial charge in [-0.2, -0.15) is 26.7 Å². The van der Waals surface area contributed by atoms with Gasteiger partial charge in [0.15, 0.2) is 5.69 Å². The van der Waals surface area contributed by atoms with Crippen molar-refractivity contribution < 1.29 is 35.2 Å². The van der Waals surface area contributed by atoms with E-state index in [4.69, 9.17) is 20.0 Å². The van der Waals surface area contributed by atoms with E-state index in [1.54, 1.807) is 6.92 Å². The largest absolute Gasteiger partial charge is 0.389 e. The Morgan fingerprint density at radius 2 is 1.71 bits per heavy atom. The summed E-state index contributed by atoms with van der Waals surface area (Å²) in [4.78, 5) is 17.2. The molecule has 7 nitrogen and oxygen atoms in total. The number of pyridine rings is 1. The molecule has 3 rings (SSSR count). The number of aryl methyl sites for hydroxylation is 1. The molecule has 0 spiro atoms. The Kier molecular flexibility index (Phi) is 12.0. The Morgan fingerprint density at radius 3 is 2.22 bits per heavy atom. The van der Waals surface area contributed by atoms with Crippen LogP contribution in [0.5, 0.6) is 0 Å². The second-order valence-corrected chi connectivity index (χ2v) is 12.0. The minimum absolute atomic E-state index is 0.0189. The van der Waals surface area contributed by atoms with Crippen LogP contribution in [0, 0.1) is 17.3 Å². The van der Waals surface area contributed by atoms with Gasteiger partial charge in [-0.15, -0.1) is 0 Å². The van der Waals surface area contributed by atoms with Crippen LogP contribution >= 0.6 is 11.6 Å². The van der Waals surface area contributed by atoms with E-state index in [2.05, 4.69) is 22.3 Å². The number of nitrogens with one attached hydrogen (secondary N) is 1. The van der Waals surface area contributed by atoms with Gasteiger partial charge in [0.05, 0.1) is 10.7 Å². The Bertz CT molecular complexity index is 1230. The summed E-state index contributed by atoms with van der Waals surface area (Å²) in [5, 5.41) is 7.11. The summed E-state index contributed by atoms with van der Waals surface area (Å²) in [7, 11) is 0. The van der Waals surface area contributed by atoms with Crippen LogP contribution in [0.25, 0.3) is 11.3 Å². The van der Waals surface area contributed by atoms with Crippen LogP contribution in [0.15, 0.2) is 12.3 Å². The van der Waals surface area contributed by atoms with Gasteiger partial charge in [0.1, 0.15) is 0 Å². The molecule has 0 radical (unpaired) electrons. The number of alkyl halides is 5. The minimum atomic E-state index is -4.39. The van der Waals surface area contributed by atoms with E-state index in [0.29, 0.717) is 25.3 Å². The van der Waals surface area contributed by atoms with Gasteiger partial charge in [0, 0.05) is 49.5 Å². The van der Waals surface area contributed by atoms with Crippen molar-refractivity contribution in [2.75, 3.05) is 6.54 Å². The van der Waals surface area contributed by atoms with Crippen molar-refractivity contribution in [2.45, 2.75) is 91.8 Å². The van der Waals surface area contributed by atoms with Gasteiger partial charge in [-0.25, -0.2) is 8.78 Å². The van der Waals surface area contributed by atoms with E-state index in [1.165, 1.54) is 24.7 Å². The third kappa shape index (κ3) is 10.1. The Morgan fingerprint density at radius 1 is 1.12 bits per heavy atom. The molecule has 0 unspecified atom stereocenters. The quantitative estimate of drug-likeness (QED) is 0.299. The topological polar surface area (TPSA) is 93.9 Å². The highest BCUT2D eigenvalue weighted by Crippen LogP contribution is 2.41. The molecule has 1 saturated carbocycles. The predicted molar refractivity (Wildman–Crippen MR) is 146 cm³/mol. The highest BCUT2D eigenvalue weighted by atomic mass is 35.5. The lowest BCUT2D eigenvalue weighted by Crippen LogP contribution is -2.31. The fourth-order valence-electron chi connectivity index (χ4n) is 5.17. The fraction of sp³-hybridized carbons (Fsp3) is 0.667. The summed E-state index contributed by atoms with van der Waals surface area (Å²) in [6.07, 6.45) is -0.161. The monoisotopic (exact) mass is 626 g/mol. The molecule has 2 aromatic rings. The van der Waals surface area contributed by atoms with E-state index in [-0.39, 0.29) is 40.6 Å². The molecule has 0 bridgehead atoms. The van der Waals surface area contributed by atoms with Crippen LogP contribution < -0.4 is 5.32 Å². The molecular formula is C27H36ClF5N4O3S. The van der Waals surface area contributed by atoms with Crippen LogP contribution in [0.2, 0.25) is 5.02 Å². The molecule has 1 aliphatic rings. The predicted octanol–water partition coefficient (Wildman–Crippen LogP) is 7.14. The molecule has 230 valence electrons. The van der Waals surface area contributed by atoms with Gasteiger partial charge in [-0.05, 0) is 49.5 Å². The Balaban J connectivity index is 0.00000187. The number of hydrogen-bond acceptors (Lipinski definition) is 5. The van der Waals surface area contributed by atoms with E-state index < -0.39 is 47.0 Å². The third-order valence-corrected chi connectivity index (χ3v) is 7.48. The van der Waals surface area contributed by atoms with E-state index in [9.17, 15) is 26.7 Å². The molecule has 1 fully saturated rings. The van der Waals surface area contributed by atoms with Crippen LogP contribution in [0.1, 0.15) is 88.5 Å². The van der Waals surface area contributed by atoms with Gasteiger partial charge in [-0.3, -0.25) is 14.5 Å². The van der Waals surface area contributed by atoms with Gasteiger partial charge in [0.25, 0.3) is 11.8 Å². The zero-order chi connectivity index (χ0) is 31.2. The molecule has 41 heavy (non-hydrogen) atoms. The number of carbonyl (C=O) groups is 1. The highest BCUT2D eigenvalue weighted by molar-refractivity contribution is 7.51. The first-order chi connectivity index (χ1) is 18.9. The number of halogens is 6. The second kappa shape index (κ2) is 14.2. The van der Waals surface area contributed by atoms with Gasteiger partial charge in [-0.1, -0.05) is 45.2 Å². The molecule has 2 heterocycles. The van der Waals surface area contributed by atoms with E-state index in [1.807, 2.05) is 0 Å². The average Bonchev–Trinajstić information content (AvgIpc) is 3.18. The maximum Gasteiger partial charge on any atom is 0.389 e. The zero-order valence-electron chi connectivity index (χ0n) is 23.7. The summed E-state index contributed by atoms with van der Waals surface area (Å²) in [6, 6.07) is 1.13. The first kappa shape index (κ1) is 34.8. The molecule has 0 aromatic carbocycles. The Hall–Kier alpha value is -2.41. The normalized spacial score (nSPS) is 17.9. The standard InChI is InChI=1S/C27H36ClF5N4O.O2S/c1-6-37-23(21(28)22(36-37)24(38)35-13-17-9-7-16(2)8-10-17)19-14-34-18(11-20(19)26(5,29)30)12-25(3,4)15-27(31,32)33;1-3-2/h11,14,16-17H,6-10,12-13,15H2,1-5H3,(H,35,38);. The number of rotatable bonds is 9. The summed E-state index contributed by atoms with van der Waals surface area (Å²) < 4.78 is 86.5. The molecule has 2 aromatic heterocycles. The van der Waals surface area contributed by atoms with Crippen molar-refractivity contribution in [3.8, 4) is 11.3 Å². The SMILES string of the molecule is CCn1nc(C(=O)NCC2CCC(C)CC2)c(Cl)c1-c1cnc(CC(C)(C)CC(F)(F)F)cc1C(C)(F)F.O=S=O. The van der Waals surface area contributed by atoms with Crippen molar-refractivity contribution in [1.82, 2.24) is 20.1 Å². The second-order valence-electron chi connectivity index (χ2n) is 11.5.